The van der Waals surface area contributed by atoms with E-state index in [-0.39, 0.29) is 5.90 Å². The summed E-state index contributed by atoms with van der Waals surface area (Å²) in [4.78, 5) is 30.0. The van der Waals surface area contributed by atoms with Gasteiger partial charge in [0.1, 0.15) is 6.04 Å². The van der Waals surface area contributed by atoms with Crippen molar-refractivity contribution in [3.63, 3.8) is 0 Å². The SMILES string of the molecule is CC(=O)OC1=NC(c2ccccc2Cl)c2c(cn(C)c2C)N(C)C1=O. The number of aliphatic imine (C=N–C) groups is 1. The third-order valence-corrected chi connectivity index (χ3v) is 4.66. The van der Waals surface area contributed by atoms with Crippen LogP contribution in [-0.4, -0.2) is 29.4 Å². The second-order valence-electron chi connectivity index (χ2n) is 5.94. The molecule has 1 unspecified atom stereocenters. The number of anilines is 1. The van der Waals surface area contributed by atoms with Crippen LogP contribution < -0.4 is 4.90 Å². The number of amides is 1. The molecule has 1 amide bonds. The molecule has 1 aromatic carbocycles. The van der Waals surface area contributed by atoms with E-state index in [0.29, 0.717) is 10.7 Å². The number of carbonyl (C=O) groups excluding carboxylic acids is 2. The summed E-state index contributed by atoms with van der Waals surface area (Å²) in [6.07, 6.45) is 1.86. The number of esters is 1. The van der Waals surface area contributed by atoms with Gasteiger partial charge in [-0.1, -0.05) is 29.8 Å². The number of fused-ring (bicyclic) bond motifs is 1. The van der Waals surface area contributed by atoms with Crippen LogP contribution in [0, 0.1) is 6.92 Å². The number of carbonyl (C=O) groups is 2. The van der Waals surface area contributed by atoms with Crippen LogP contribution in [0.1, 0.15) is 29.8 Å². The zero-order valence-corrected chi connectivity index (χ0v) is 15.2. The van der Waals surface area contributed by atoms with Crippen LogP contribution in [0.2, 0.25) is 5.02 Å². The fourth-order valence-corrected chi connectivity index (χ4v) is 3.19. The molecule has 0 N–H and O–H groups in total. The van der Waals surface area contributed by atoms with Crippen molar-refractivity contribution in [1.29, 1.82) is 0 Å². The largest absolute Gasteiger partial charge is 0.402 e. The van der Waals surface area contributed by atoms with Crippen LogP contribution in [0.4, 0.5) is 5.69 Å². The van der Waals surface area contributed by atoms with Crippen LogP contribution in [-0.2, 0) is 21.4 Å². The van der Waals surface area contributed by atoms with Crippen LogP contribution in [0.5, 0.6) is 0 Å². The third kappa shape index (κ3) is 2.93. The maximum absolute atomic E-state index is 12.7. The molecular formula is C18H18ClN3O3. The molecule has 2 heterocycles. The highest BCUT2D eigenvalue weighted by molar-refractivity contribution is 6.42. The lowest BCUT2D eigenvalue weighted by molar-refractivity contribution is -0.134. The molecule has 2 aromatic rings. The summed E-state index contributed by atoms with van der Waals surface area (Å²) in [6.45, 7) is 3.19. The molecule has 1 aliphatic heterocycles. The Morgan fingerprint density at radius 2 is 1.96 bits per heavy atom. The van der Waals surface area contributed by atoms with Gasteiger partial charge in [-0.15, -0.1) is 0 Å². The molecule has 1 aliphatic rings. The van der Waals surface area contributed by atoms with Gasteiger partial charge >= 0.3 is 11.9 Å². The Bertz CT molecular complexity index is 901. The van der Waals surface area contributed by atoms with Gasteiger partial charge in [-0.3, -0.25) is 9.59 Å². The first-order chi connectivity index (χ1) is 11.8. The Morgan fingerprint density at radius 3 is 2.60 bits per heavy atom. The van der Waals surface area contributed by atoms with Crippen LogP contribution in [0.15, 0.2) is 35.5 Å². The van der Waals surface area contributed by atoms with Crippen molar-refractivity contribution in [2.75, 3.05) is 11.9 Å². The first kappa shape index (κ1) is 17.2. The Morgan fingerprint density at radius 1 is 1.28 bits per heavy atom. The summed E-state index contributed by atoms with van der Waals surface area (Å²) >= 11 is 6.38. The Balaban J connectivity index is 2.29. The van der Waals surface area contributed by atoms with E-state index in [9.17, 15) is 9.59 Å². The standard InChI is InChI=1S/C18H18ClN3O3/c1-10-15-14(9-21(10)3)22(4)18(24)17(25-11(2)23)20-16(15)12-7-5-6-8-13(12)19/h5-9,16H,1-4H3. The second kappa shape index (κ2) is 6.37. The minimum atomic E-state index is -0.595. The van der Waals surface area contributed by atoms with Crippen molar-refractivity contribution < 1.29 is 14.3 Å². The highest BCUT2D eigenvalue weighted by atomic mass is 35.5. The molecule has 0 spiro atoms. The maximum atomic E-state index is 12.7. The molecule has 0 bridgehead atoms. The predicted octanol–water partition coefficient (Wildman–Crippen LogP) is 3.01. The summed E-state index contributed by atoms with van der Waals surface area (Å²) in [7, 11) is 3.54. The molecular weight excluding hydrogens is 342 g/mol. The molecule has 25 heavy (non-hydrogen) atoms. The van der Waals surface area contributed by atoms with Gasteiger partial charge in [-0.05, 0) is 18.6 Å². The van der Waals surface area contributed by atoms with Gasteiger partial charge in [0.15, 0.2) is 0 Å². The highest BCUT2D eigenvalue weighted by Gasteiger charge is 2.34. The minimum Gasteiger partial charge on any atom is -0.402 e. The minimum absolute atomic E-state index is 0.238. The van der Waals surface area contributed by atoms with Gasteiger partial charge in [0.2, 0.25) is 0 Å². The van der Waals surface area contributed by atoms with Crippen molar-refractivity contribution in [2.45, 2.75) is 19.9 Å². The lowest BCUT2D eigenvalue weighted by Gasteiger charge is -2.17. The average Bonchev–Trinajstić information content (AvgIpc) is 2.81. The van der Waals surface area contributed by atoms with Crippen molar-refractivity contribution >= 4 is 35.1 Å². The fourth-order valence-electron chi connectivity index (χ4n) is 2.95. The van der Waals surface area contributed by atoms with Gasteiger partial charge in [0.05, 0.1) is 5.69 Å². The molecule has 6 nitrogen and oxygen atoms in total. The molecule has 0 fully saturated rings. The summed E-state index contributed by atoms with van der Waals surface area (Å²) in [5, 5.41) is 0.532. The number of likely N-dealkylation sites (N-methyl/N-ethyl adjacent to an activating group) is 1. The van der Waals surface area contributed by atoms with Gasteiger partial charge in [-0.25, -0.2) is 4.99 Å². The molecule has 130 valence electrons. The van der Waals surface area contributed by atoms with E-state index < -0.39 is 17.9 Å². The van der Waals surface area contributed by atoms with E-state index in [4.69, 9.17) is 16.3 Å². The van der Waals surface area contributed by atoms with E-state index in [2.05, 4.69) is 4.99 Å². The Labute approximate surface area is 150 Å². The quantitative estimate of drug-likeness (QED) is 0.735. The number of aromatic nitrogens is 1. The number of benzene rings is 1. The average molecular weight is 360 g/mol. The Kier molecular flexibility index (Phi) is 4.39. The van der Waals surface area contributed by atoms with Gasteiger partial charge in [-0.2, -0.15) is 0 Å². The molecule has 0 saturated heterocycles. The zero-order chi connectivity index (χ0) is 18.3. The number of nitrogens with zero attached hydrogens (tertiary/aromatic N) is 3. The number of hydrogen-bond donors (Lipinski definition) is 0. The van der Waals surface area contributed by atoms with E-state index >= 15 is 0 Å². The van der Waals surface area contributed by atoms with Gasteiger partial charge in [0, 0.05) is 43.5 Å². The monoisotopic (exact) mass is 359 g/mol. The lowest BCUT2D eigenvalue weighted by Crippen LogP contribution is -2.34. The third-order valence-electron chi connectivity index (χ3n) is 4.32. The second-order valence-corrected chi connectivity index (χ2v) is 6.35. The molecule has 1 atom stereocenters. The summed E-state index contributed by atoms with van der Waals surface area (Å²) in [5.41, 5.74) is 3.26. The first-order valence-corrected chi connectivity index (χ1v) is 8.13. The van der Waals surface area contributed by atoms with Crippen molar-refractivity contribution in [3.05, 3.63) is 52.3 Å². The van der Waals surface area contributed by atoms with Crippen molar-refractivity contribution in [2.24, 2.45) is 12.0 Å². The topological polar surface area (TPSA) is 63.9 Å². The summed E-state index contributed by atoms with van der Waals surface area (Å²) in [6, 6.07) is 6.76. The van der Waals surface area contributed by atoms with Crippen LogP contribution in [0.25, 0.3) is 0 Å². The lowest BCUT2D eigenvalue weighted by atomic mass is 9.98. The fraction of sp³-hybridized carbons (Fsp3) is 0.278. The predicted molar refractivity (Wildman–Crippen MR) is 96.1 cm³/mol. The van der Waals surface area contributed by atoms with Crippen LogP contribution >= 0.6 is 11.6 Å². The molecule has 3 rings (SSSR count). The highest BCUT2D eigenvalue weighted by Crippen LogP contribution is 2.41. The molecule has 1 aromatic heterocycles. The summed E-state index contributed by atoms with van der Waals surface area (Å²) < 4.78 is 7.02. The smallest absolute Gasteiger partial charge is 0.313 e. The van der Waals surface area contributed by atoms with E-state index in [1.807, 2.05) is 42.9 Å². The van der Waals surface area contributed by atoms with E-state index in [1.165, 1.54) is 11.8 Å². The number of halogens is 1. The molecule has 0 saturated carbocycles. The van der Waals surface area contributed by atoms with Crippen molar-refractivity contribution in [1.82, 2.24) is 4.57 Å². The number of rotatable bonds is 1. The zero-order valence-electron chi connectivity index (χ0n) is 14.4. The van der Waals surface area contributed by atoms with Crippen LogP contribution in [0.3, 0.4) is 0 Å². The normalized spacial score (nSPS) is 17.0. The number of hydrogen-bond acceptors (Lipinski definition) is 4. The van der Waals surface area contributed by atoms with Crippen molar-refractivity contribution in [3.8, 4) is 0 Å². The van der Waals surface area contributed by atoms with E-state index in [0.717, 1.165) is 16.8 Å². The Hall–Kier alpha value is -2.60. The number of ether oxygens (including phenoxy) is 1. The van der Waals surface area contributed by atoms with Gasteiger partial charge < -0.3 is 14.2 Å². The molecule has 0 aliphatic carbocycles. The van der Waals surface area contributed by atoms with E-state index in [1.54, 1.807) is 13.1 Å². The summed E-state index contributed by atoms with van der Waals surface area (Å²) in [5.74, 6) is -1.31. The van der Waals surface area contributed by atoms with Gasteiger partial charge in [0.25, 0.3) is 5.90 Å². The first-order valence-electron chi connectivity index (χ1n) is 7.75. The maximum Gasteiger partial charge on any atom is 0.313 e. The molecule has 7 heteroatoms. The number of aryl methyl sites for hydroxylation is 1. The molecule has 0 radical (unpaired) electrons.